The van der Waals surface area contributed by atoms with Crippen LogP contribution in [-0.2, 0) is 10.2 Å². The summed E-state index contributed by atoms with van der Waals surface area (Å²) in [5, 5.41) is 12.0. The number of H-pyrrole nitrogens is 1. The Bertz CT molecular complexity index is 1470. The number of nitrogens with one attached hydrogen (secondary N) is 2. The molecule has 2 atom stereocenters. The van der Waals surface area contributed by atoms with Crippen LogP contribution in [0.2, 0.25) is 0 Å². The van der Waals surface area contributed by atoms with Crippen LogP contribution in [0.3, 0.4) is 0 Å². The molecule has 2 N–H and O–H groups in total. The van der Waals surface area contributed by atoms with Crippen molar-refractivity contribution in [3.8, 4) is 11.3 Å². The number of likely N-dealkylation sites (N-methyl/N-ethyl adjacent to an activating group) is 1. The Balaban J connectivity index is 1.17. The molecule has 1 aliphatic carbocycles. The van der Waals surface area contributed by atoms with Gasteiger partial charge in [-0.2, -0.15) is 5.10 Å². The van der Waals surface area contributed by atoms with Gasteiger partial charge in [0.1, 0.15) is 11.5 Å². The number of aromatic nitrogens is 3. The molecule has 3 aliphatic rings. The number of aromatic amines is 1. The van der Waals surface area contributed by atoms with Crippen LogP contribution in [0.15, 0.2) is 59.2 Å². The number of piperazine rings is 1. The molecule has 0 radical (unpaired) electrons. The molecule has 4 aromatic rings. The number of hydrogen-bond acceptors (Lipinski definition) is 5. The van der Waals surface area contributed by atoms with Gasteiger partial charge < -0.3 is 15.1 Å². The summed E-state index contributed by atoms with van der Waals surface area (Å²) in [5.41, 5.74) is 5.62. The van der Waals surface area contributed by atoms with Crippen molar-refractivity contribution in [2.75, 3.05) is 43.4 Å². The van der Waals surface area contributed by atoms with Crippen molar-refractivity contribution in [3.63, 3.8) is 0 Å². The number of amides is 1. The zero-order valence-electron chi connectivity index (χ0n) is 19.4. The molecule has 4 heterocycles. The van der Waals surface area contributed by atoms with E-state index in [1.807, 2.05) is 18.3 Å². The van der Waals surface area contributed by atoms with E-state index in [0.717, 1.165) is 76.3 Å². The highest BCUT2D eigenvalue weighted by atomic mass is 79.9. The van der Waals surface area contributed by atoms with Gasteiger partial charge in [-0.3, -0.25) is 9.89 Å². The molecule has 1 spiro atoms. The van der Waals surface area contributed by atoms with Crippen molar-refractivity contribution in [2.45, 2.75) is 17.8 Å². The summed E-state index contributed by atoms with van der Waals surface area (Å²) in [6.07, 6.45) is 2.75. The zero-order valence-corrected chi connectivity index (χ0v) is 21.0. The summed E-state index contributed by atoms with van der Waals surface area (Å²) in [5.74, 6) is 1.29. The number of carbonyl (C=O) groups excluding carboxylic acids is 1. The minimum absolute atomic E-state index is 0.104. The molecule has 2 aliphatic heterocycles. The molecule has 0 bridgehead atoms. The van der Waals surface area contributed by atoms with E-state index in [2.05, 4.69) is 84.7 Å². The van der Waals surface area contributed by atoms with E-state index in [4.69, 9.17) is 4.98 Å². The maximum absolute atomic E-state index is 13.0. The largest absolute Gasteiger partial charge is 0.354 e. The second kappa shape index (κ2) is 7.63. The van der Waals surface area contributed by atoms with Crippen LogP contribution in [0.25, 0.3) is 22.2 Å². The first-order chi connectivity index (χ1) is 17.0. The molecular weight excluding hydrogens is 504 g/mol. The highest BCUT2D eigenvalue weighted by Gasteiger charge is 2.65. The average molecular weight is 529 g/mol. The predicted octanol–water partition coefficient (Wildman–Crippen LogP) is 4.52. The van der Waals surface area contributed by atoms with Crippen LogP contribution in [0.5, 0.6) is 0 Å². The van der Waals surface area contributed by atoms with E-state index in [1.165, 1.54) is 5.56 Å². The fraction of sp³-hybridized carbons (Fsp3) is 0.296. The second-order valence-electron chi connectivity index (χ2n) is 9.94. The van der Waals surface area contributed by atoms with Crippen LogP contribution >= 0.6 is 15.9 Å². The highest BCUT2D eigenvalue weighted by molar-refractivity contribution is 9.10. The molecule has 7 rings (SSSR count). The lowest BCUT2D eigenvalue weighted by Gasteiger charge is -2.33. The summed E-state index contributed by atoms with van der Waals surface area (Å²) in [7, 11) is 2.16. The number of rotatable bonds is 3. The van der Waals surface area contributed by atoms with E-state index in [-0.39, 0.29) is 11.8 Å². The maximum atomic E-state index is 13.0. The van der Waals surface area contributed by atoms with Gasteiger partial charge in [0.25, 0.3) is 0 Å². The van der Waals surface area contributed by atoms with Crippen molar-refractivity contribution in [2.24, 2.45) is 0 Å². The minimum atomic E-state index is -0.460. The SMILES string of the molecule is CN1CCN(c2ccc(-c3n[nH]c4cc([C@@H]5C[C@@]56C(=O)Nc5ccc(Br)cc56)ccc34)cn2)CC1. The first kappa shape index (κ1) is 21.1. The lowest BCUT2D eigenvalue weighted by molar-refractivity contribution is -0.118. The summed E-state index contributed by atoms with van der Waals surface area (Å²) in [6.45, 7) is 4.11. The third-order valence-corrected chi connectivity index (χ3v) is 8.41. The van der Waals surface area contributed by atoms with Gasteiger partial charge in [0, 0.05) is 59.4 Å². The third-order valence-electron chi connectivity index (χ3n) is 7.91. The molecule has 1 saturated heterocycles. The standard InChI is InChI=1S/C27H25BrN6O/c1-33-8-10-34(11-9-33)24-7-3-17(15-29-24)25-19-5-2-16(12-23(19)31-32-25)21-14-27(21)20-13-18(28)4-6-22(20)30-26(27)35/h2-7,12-13,15,21H,8-11,14H2,1H3,(H,30,35)(H,31,32)/t21-,27-/m0/s1. The molecule has 35 heavy (non-hydrogen) atoms. The zero-order chi connectivity index (χ0) is 23.7. The van der Waals surface area contributed by atoms with Gasteiger partial charge in [0.2, 0.25) is 5.91 Å². The number of hydrogen-bond donors (Lipinski definition) is 2. The normalized spacial score (nSPS) is 23.7. The number of halogens is 1. The van der Waals surface area contributed by atoms with Crippen molar-refractivity contribution in [1.29, 1.82) is 0 Å². The lowest BCUT2D eigenvalue weighted by Crippen LogP contribution is -2.44. The molecule has 1 saturated carbocycles. The topological polar surface area (TPSA) is 77.1 Å². The smallest absolute Gasteiger partial charge is 0.235 e. The average Bonchev–Trinajstić information content (AvgIpc) is 3.40. The molecular formula is C27H25BrN6O. The Morgan fingerprint density at radius 3 is 2.71 bits per heavy atom. The van der Waals surface area contributed by atoms with Crippen molar-refractivity contribution < 1.29 is 4.79 Å². The number of anilines is 2. The number of nitrogens with zero attached hydrogens (tertiary/aromatic N) is 4. The summed E-state index contributed by atoms with van der Waals surface area (Å²) >= 11 is 3.57. The van der Waals surface area contributed by atoms with Gasteiger partial charge in [-0.15, -0.1) is 0 Å². The summed E-state index contributed by atoms with van der Waals surface area (Å²) in [6, 6.07) is 16.7. The van der Waals surface area contributed by atoms with Crippen molar-refractivity contribution in [3.05, 3.63) is 70.3 Å². The highest BCUT2D eigenvalue weighted by Crippen LogP contribution is 2.65. The van der Waals surface area contributed by atoms with Crippen LogP contribution in [0, 0.1) is 0 Å². The molecule has 2 aromatic heterocycles. The Hall–Kier alpha value is -3.23. The van der Waals surface area contributed by atoms with Crippen LogP contribution in [0.1, 0.15) is 23.5 Å². The van der Waals surface area contributed by atoms with E-state index >= 15 is 0 Å². The summed E-state index contributed by atoms with van der Waals surface area (Å²) in [4.78, 5) is 22.4. The second-order valence-corrected chi connectivity index (χ2v) is 10.9. The van der Waals surface area contributed by atoms with Gasteiger partial charge in [0.05, 0.1) is 10.9 Å². The van der Waals surface area contributed by atoms with Gasteiger partial charge in [-0.1, -0.05) is 28.1 Å². The first-order valence-corrected chi connectivity index (χ1v) is 12.8. The van der Waals surface area contributed by atoms with E-state index in [1.54, 1.807) is 0 Å². The Morgan fingerprint density at radius 1 is 1.06 bits per heavy atom. The minimum Gasteiger partial charge on any atom is -0.354 e. The fourth-order valence-electron chi connectivity index (χ4n) is 5.79. The fourth-order valence-corrected chi connectivity index (χ4v) is 6.15. The number of benzene rings is 2. The number of pyridine rings is 1. The van der Waals surface area contributed by atoms with Crippen molar-refractivity contribution >= 4 is 44.2 Å². The molecule has 7 nitrogen and oxygen atoms in total. The third kappa shape index (κ3) is 3.23. The van der Waals surface area contributed by atoms with Crippen LogP contribution in [0.4, 0.5) is 11.5 Å². The first-order valence-electron chi connectivity index (χ1n) is 12.0. The Morgan fingerprint density at radius 2 is 1.91 bits per heavy atom. The molecule has 2 aromatic carbocycles. The van der Waals surface area contributed by atoms with E-state index in [9.17, 15) is 4.79 Å². The molecule has 176 valence electrons. The maximum Gasteiger partial charge on any atom is 0.235 e. The van der Waals surface area contributed by atoms with Gasteiger partial charge in [-0.05, 0) is 61.0 Å². The monoisotopic (exact) mass is 528 g/mol. The molecule has 2 fully saturated rings. The number of fused-ring (bicyclic) bond motifs is 3. The summed E-state index contributed by atoms with van der Waals surface area (Å²) < 4.78 is 0.999. The van der Waals surface area contributed by atoms with Gasteiger partial charge in [0.15, 0.2) is 0 Å². The van der Waals surface area contributed by atoms with Crippen LogP contribution in [-0.4, -0.2) is 59.2 Å². The quantitative estimate of drug-likeness (QED) is 0.408. The van der Waals surface area contributed by atoms with Crippen molar-refractivity contribution in [1.82, 2.24) is 20.1 Å². The van der Waals surface area contributed by atoms with Crippen LogP contribution < -0.4 is 10.2 Å². The van der Waals surface area contributed by atoms with Gasteiger partial charge >= 0.3 is 0 Å². The predicted molar refractivity (Wildman–Crippen MR) is 141 cm³/mol. The molecule has 0 unspecified atom stereocenters. The van der Waals surface area contributed by atoms with Gasteiger partial charge in [-0.25, -0.2) is 4.98 Å². The van der Waals surface area contributed by atoms with E-state index in [0.29, 0.717) is 0 Å². The molecule has 1 amide bonds. The lowest BCUT2D eigenvalue weighted by atomic mass is 9.92. The number of carbonyl (C=O) groups is 1. The Kier molecular flexibility index (Phi) is 4.60. The van der Waals surface area contributed by atoms with E-state index < -0.39 is 5.41 Å². The molecule has 8 heteroatoms. The Labute approximate surface area is 211 Å².